The number of nitrogens with one attached hydrogen (secondary N) is 1. The summed E-state index contributed by atoms with van der Waals surface area (Å²) in [6.07, 6.45) is 7.40. The molecule has 2 amide bonds. The van der Waals surface area contributed by atoms with Gasteiger partial charge in [-0.25, -0.2) is 4.79 Å². The molecule has 140 valence electrons. The third-order valence-corrected chi connectivity index (χ3v) is 5.08. The van der Waals surface area contributed by atoms with Crippen molar-refractivity contribution < 1.29 is 14.7 Å². The van der Waals surface area contributed by atoms with E-state index < -0.39 is 5.97 Å². The minimum Gasteiger partial charge on any atom is -0.480 e. The van der Waals surface area contributed by atoms with Crippen LogP contribution in [0.15, 0.2) is 0 Å². The molecule has 1 fully saturated rings. The molecule has 0 bridgehead atoms. The van der Waals surface area contributed by atoms with Gasteiger partial charge in [0.2, 0.25) is 0 Å². The lowest BCUT2D eigenvalue weighted by Gasteiger charge is -2.26. The van der Waals surface area contributed by atoms with Crippen molar-refractivity contribution in [3.63, 3.8) is 0 Å². The number of carbonyl (C=O) groups is 2. The number of aliphatic carboxylic acids is 1. The number of amides is 2. The van der Waals surface area contributed by atoms with Crippen molar-refractivity contribution in [3.05, 3.63) is 0 Å². The topological polar surface area (TPSA) is 72.9 Å². The van der Waals surface area contributed by atoms with E-state index in [0.29, 0.717) is 12.5 Å². The van der Waals surface area contributed by atoms with E-state index in [9.17, 15) is 9.59 Å². The van der Waals surface area contributed by atoms with Crippen molar-refractivity contribution in [1.82, 2.24) is 15.1 Å². The van der Waals surface area contributed by atoms with Crippen LogP contribution >= 0.6 is 0 Å². The maximum Gasteiger partial charge on any atom is 0.317 e. The van der Waals surface area contributed by atoms with Gasteiger partial charge in [-0.2, -0.15) is 0 Å². The van der Waals surface area contributed by atoms with Gasteiger partial charge in [0, 0.05) is 25.7 Å². The van der Waals surface area contributed by atoms with Gasteiger partial charge in [-0.1, -0.05) is 33.1 Å². The molecule has 1 heterocycles. The van der Waals surface area contributed by atoms with Gasteiger partial charge in [0.1, 0.15) is 0 Å². The summed E-state index contributed by atoms with van der Waals surface area (Å²) in [6.45, 7) is 6.66. The van der Waals surface area contributed by atoms with Crippen molar-refractivity contribution >= 4 is 12.0 Å². The second kappa shape index (κ2) is 11.3. The highest BCUT2D eigenvalue weighted by atomic mass is 16.4. The standard InChI is InChI=1S/C18H35N3O3/c1-4-6-8-15(5-2)13-19-18(24)21-11-7-9-16(10-12-21)20(3)14-17(22)23/h15-16H,4-14H2,1-3H3,(H,19,24)(H,22,23). The Morgan fingerprint density at radius 1 is 1.29 bits per heavy atom. The lowest BCUT2D eigenvalue weighted by Crippen LogP contribution is -2.43. The Bertz CT molecular complexity index is 390. The van der Waals surface area contributed by atoms with Gasteiger partial charge in [0.25, 0.3) is 0 Å². The van der Waals surface area contributed by atoms with E-state index in [0.717, 1.165) is 38.8 Å². The monoisotopic (exact) mass is 341 g/mol. The molecule has 6 heteroatoms. The molecule has 1 saturated heterocycles. The molecule has 2 unspecified atom stereocenters. The van der Waals surface area contributed by atoms with Gasteiger partial charge in [-0.05, 0) is 38.6 Å². The van der Waals surface area contributed by atoms with Crippen LogP contribution in [-0.2, 0) is 4.79 Å². The first-order valence-corrected chi connectivity index (χ1v) is 9.42. The first kappa shape index (κ1) is 20.7. The van der Waals surface area contributed by atoms with Gasteiger partial charge in [-0.3, -0.25) is 9.69 Å². The third-order valence-electron chi connectivity index (χ3n) is 5.08. The molecule has 2 N–H and O–H groups in total. The Kier molecular flexibility index (Phi) is 9.76. The molecular formula is C18H35N3O3. The average molecular weight is 341 g/mol. The van der Waals surface area contributed by atoms with Crippen LogP contribution in [0.5, 0.6) is 0 Å². The highest BCUT2D eigenvalue weighted by Crippen LogP contribution is 2.16. The van der Waals surface area contributed by atoms with E-state index in [1.807, 2.05) is 16.8 Å². The first-order valence-electron chi connectivity index (χ1n) is 9.42. The van der Waals surface area contributed by atoms with Crippen LogP contribution in [0.25, 0.3) is 0 Å². The SMILES string of the molecule is CCCCC(CC)CNC(=O)N1CCCC(N(C)CC(=O)O)CC1. The van der Waals surface area contributed by atoms with Crippen molar-refractivity contribution in [1.29, 1.82) is 0 Å². The normalized spacial score (nSPS) is 19.8. The van der Waals surface area contributed by atoms with Crippen LogP contribution in [0.4, 0.5) is 4.79 Å². The van der Waals surface area contributed by atoms with E-state index in [4.69, 9.17) is 5.11 Å². The number of likely N-dealkylation sites (N-methyl/N-ethyl adjacent to an activating group) is 1. The molecule has 0 aromatic heterocycles. The first-order chi connectivity index (χ1) is 11.5. The van der Waals surface area contributed by atoms with Crippen molar-refractivity contribution in [3.8, 4) is 0 Å². The fourth-order valence-electron chi connectivity index (χ4n) is 3.35. The fourth-order valence-corrected chi connectivity index (χ4v) is 3.35. The molecule has 0 aromatic rings. The zero-order valence-corrected chi connectivity index (χ0v) is 15.6. The largest absolute Gasteiger partial charge is 0.480 e. The van der Waals surface area contributed by atoms with Gasteiger partial charge in [0.15, 0.2) is 0 Å². The smallest absolute Gasteiger partial charge is 0.317 e. The highest BCUT2D eigenvalue weighted by molar-refractivity contribution is 5.74. The number of likely N-dealkylation sites (tertiary alicyclic amines) is 1. The maximum atomic E-state index is 12.4. The summed E-state index contributed by atoms with van der Waals surface area (Å²) in [4.78, 5) is 27.0. The summed E-state index contributed by atoms with van der Waals surface area (Å²) in [6, 6.07) is 0.276. The van der Waals surface area contributed by atoms with E-state index in [-0.39, 0.29) is 18.6 Å². The van der Waals surface area contributed by atoms with Crippen LogP contribution < -0.4 is 5.32 Å². The summed E-state index contributed by atoms with van der Waals surface area (Å²) in [7, 11) is 1.86. The number of carboxylic acids is 1. The summed E-state index contributed by atoms with van der Waals surface area (Å²) in [5, 5.41) is 12.0. The molecule has 0 aromatic carbocycles. The lowest BCUT2D eigenvalue weighted by atomic mass is 9.99. The number of rotatable bonds is 9. The quantitative estimate of drug-likeness (QED) is 0.676. The molecule has 1 aliphatic rings. The Hall–Kier alpha value is -1.30. The van der Waals surface area contributed by atoms with Crippen molar-refractivity contribution in [2.45, 2.75) is 64.8 Å². The molecule has 6 nitrogen and oxygen atoms in total. The van der Waals surface area contributed by atoms with Crippen molar-refractivity contribution in [2.75, 3.05) is 33.2 Å². The third kappa shape index (κ3) is 7.51. The summed E-state index contributed by atoms with van der Waals surface area (Å²) in [5.41, 5.74) is 0. The molecule has 2 atom stereocenters. The predicted octanol–water partition coefficient (Wildman–Crippen LogP) is 2.78. The minimum absolute atomic E-state index is 0.0338. The molecule has 0 spiro atoms. The fraction of sp³-hybridized carbons (Fsp3) is 0.889. The number of urea groups is 1. The summed E-state index contributed by atoms with van der Waals surface area (Å²) >= 11 is 0. The minimum atomic E-state index is -0.797. The number of hydrogen-bond donors (Lipinski definition) is 2. The Balaban J connectivity index is 2.39. The van der Waals surface area contributed by atoms with E-state index in [1.54, 1.807) is 0 Å². The number of nitrogens with zero attached hydrogens (tertiary/aromatic N) is 2. The zero-order chi connectivity index (χ0) is 17.9. The number of carbonyl (C=O) groups excluding carboxylic acids is 1. The van der Waals surface area contributed by atoms with Gasteiger partial charge < -0.3 is 15.3 Å². The zero-order valence-electron chi connectivity index (χ0n) is 15.6. The molecule has 1 rings (SSSR count). The molecule has 0 aliphatic carbocycles. The van der Waals surface area contributed by atoms with E-state index in [2.05, 4.69) is 19.2 Å². The summed E-state index contributed by atoms with van der Waals surface area (Å²) < 4.78 is 0. The molecular weight excluding hydrogens is 306 g/mol. The second-order valence-electron chi connectivity index (χ2n) is 6.98. The van der Waals surface area contributed by atoms with E-state index in [1.165, 1.54) is 19.3 Å². The molecule has 0 radical (unpaired) electrons. The number of hydrogen-bond acceptors (Lipinski definition) is 3. The van der Waals surface area contributed by atoms with E-state index >= 15 is 0 Å². The van der Waals surface area contributed by atoms with Crippen LogP contribution in [0.3, 0.4) is 0 Å². The van der Waals surface area contributed by atoms with Crippen LogP contribution in [0.2, 0.25) is 0 Å². The average Bonchev–Trinajstić information content (AvgIpc) is 2.80. The van der Waals surface area contributed by atoms with Gasteiger partial charge >= 0.3 is 12.0 Å². The number of unbranched alkanes of at least 4 members (excludes halogenated alkanes) is 1. The molecule has 0 saturated carbocycles. The van der Waals surface area contributed by atoms with Crippen molar-refractivity contribution in [2.24, 2.45) is 5.92 Å². The highest BCUT2D eigenvalue weighted by Gasteiger charge is 2.24. The predicted molar refractivity (Wildman–Crippen MR) is 96.2 cm³/mol. The van der Waals surface area contributed by atoms with Crippen LogP contribution in [0.1, 0.15) is 58.8 Å². The Labute approximate surface area is 146 Å². The second-order valence-corrected chi connectivity index (χ2v) is 6.98. The Morgan fingerprint density at radius 3 is 2.67 bits per heavy atom. The summed E-state index contributed by atoms with van der Waals surface area (Å²) in [5.74, 6) is -0.232. The number of carboxylic acid groups (broad SMARTS) is 1. The van der Waals surface area contributed by atoms with Gasteiger partial charge in [-0.15, -0.1) is 0 Å². The molecule has 24 heavy (non-hydrogen) atoms. The van der Waals surface area contributed by atoms with Crippen LogP contribution in [-0.4, -0.2) is 66.2 Å². The van der Waals surface area contributed by atoms with Crippen LogP contribution in [0, 0.1) is 5.92 Å². The maximum absolute atomic E-state index is 12.4. The molecule has 1 aliphatic heterocycles. The van der Waals surface area contributed by atoms with Gasteiger partial charge in [0.05, 0.1) is 6.54 Å². The Morgan fingerprint density at radius 2 is 2.04 bits per heavy atom. The lowest BCUT2D eigenvalue weighted by molar-refractivity contribution is -0.138.